The van der Waals surface area contributed by atoms with E-state index in [-0.39, 0.29) is 12.1 Å². The van der Waals surface area contributed by atoms with Crippen LogP contribution in [0.3, 0.4) is 0 Å². The summed E-state index contributed by atoms with van der Waals surface area (Å²) < 4.78 is 5.59. The van der Waals surface area contributed by atoms with E-state index >= 15 is 0 Å². The molecular formula is C17H26O2. The lowest BCUT2D eigenvalue weighted by Gasteiger charge is -2.41. The fourth-order valence-electron chi connectivity index (χ4n) is 5.73. The second-order valence-corrected chi connectivity index (χ2v) is 7.72. The van der Waals surface area contributed by atoms with Gasteiger partial charge in [0.1, 0.15) is 6.10 Å². The first-order chi connectivity index (χ1) is 8.79. The molecule has 2 heteroatoms. The van der Waals surface area contributed by atoms with Crippen LogP contribution in [0.25, 0.3) is 0 Å². The Kier molecular flexibility index (Phi) is 2.69. The zero-order valence-electron chi connectivity index (χ0n) is 12.7. The summed E-state index contributed by atoms with van der Waals surface area (Å²) in [5.41, 5.74) is 1.89. The maximum absolute atomic E-state index is 11.4. The van der Waals surface area contributed by atoms with E-state index in [1.165, 1.54) is 31.8 Å². The number of ether oxygens (including phenoxy) is 1. The van der Waals surface area contributed by atoms with Crippen molar-refractivity contribution in [2.24, 2.45) is 28.6 Å². The average Bonchev–Trinajstić information content (AvgIpc) is 2.70. The van der Waals surface area contributed by atoms with Crippen molar-refractivity contribution >= 4 is 5.97 Å². The second-order valence-electron chi connectivity index (χ2n) is 7.72. The van der Waals surface area contributed by atoms with Gasteiger partial charge in [-0.1, -0.05) is 27.4 Å². The highest BCUT2D eigenvalue weighted by molar-refractivity contribution is 5.66. The molecular weight excluding hydrogens is 236 g/mol. The van der Waals surface area contributed by atoms with E-state index in [0.717, 1.165) is 18.3 Å². The molecule has 3 aliphatic carbocycles. The Morgan fingerprint density at radius 2 is 2.00 bits per heavy atom. The van der Waals surface area contributed by atoms with Gasteiger partial charge in [0, 0.05) is 6.92 Å². The van der Waals surface area contributed by atoms with Crippen molar-refractivity contribution in [2.75, 3.05) is 0 Å². The summed E-state index contributed by atoms with van der Waals surface area (Å²) in [6.45, 7) is 13.0. The molecule has 2 nitrogen and oxygen atoms in total. The smallest absolute Gasteiger partial charge is 0.303 e. The van der Waals surface area contributed by atoms with Gasteiger partial charge in [0.2, 0.25) is 0 Å². The van der Waals surface area contributed by atoms with Gasteiger partial charge in [-0.05, 0) is 59.8 Å². The number of rotatable bonds is 1. The Morgan fingerprint density at radius 3 is 2.63 bits per heavy atom. The Morgan fingerprint density at radius 1 is 1.32 bits per heavy atom. The Hall–Kier alpha value is -0.790. The number of carbonyl (C=O) groups is 1. The largest absolute Gasteiger partial charge is 0.458 e. The topological polar surface area (TPSA) is 26.3 Å². The number of hydrogen-bond donors (Lipinski definition) is 0. The van der Waals surface area contributed by atoms with Crippen LogP contribution in [0.4, 0.5) is 0 Å². The Balaban J connectivity index is 2.00. The first-order valence-electron chi connectivity index (χ1n) is 7.65. The van der Waals surface area contributed by atoms with Crippen LogP contribution >= 0.6 is 0 Å². The van der Waals surface area contributed by atoms with E-state index in [2.05, 4.69) is 27.4 Å². The summed E-state index contributed by atoms with van der Waals surface area (Å²) in [6.07, 6.45) is 4.91. The van der Waals surface area contributed by atoms with Gasteiger partial charge in [-0.3, -0.25) is 4.79 Å². The predicted molar refractivity (Wildman–Crippen MR) is 75.5 cm³/mol. The molecule has 3 rings (SSSR count). The monoisotopic (exact) mass is 262 g/mol. The van der Waals surface area contributed by atoms with Crippen molar-refractivity contribution in [3.63, 3.8) is 0 Å². The van der Waals surface area contributed by atoms with Gasteiger partial charge in [-0.25, -0.2) is 0 Å². The third-order valence-corrected chi connectivity index (χ3v) is 6.68. The van der Waals surface area contributed by atoms with Gasteiger partial charge in [0.05, 0.1) is 0 Å². The van der Waals surface area contributed by atoms with Crippen LogP contribution in [0.1, 0.15) is 53.4 Å². The molecule has 0 saturated heterocycles. The van der Waals surface area contributed by atoms with Crippen LogP contribution in [0.2, 0.25) is 0 Å². The number of carbonyl (C=O) groups excluding carboxylic acids is 1. The Bertz CT molecular complexity index is 437. The van der Waals surface area contributed by atoms with E-state index in [1.807, 2.05) is 0 Å². The van der Waals surface area contributed by atoms with Crippen LogP contribution in [0.15, 0.2) is 12.2 Å². The minimum Gasteiger partial charge on any atom is -0.458 e. The molecule has 5 atom stereocenters. The third kappa shape index (κ3) is 1.58. The molecule has 0 aromatic carbocycles. The van der Waals surface area contributed by atoms with E-state index < -0.39 is 0 Å². The summed E-state index contributed by atoms with van der Waals surface area (Å²) in [5.74, 6) is 1.90. The highest BCUT2D eigenvalue weighted by atomic mass is 16.5. The van der Waals surface area contributed by atoms with E-state index in [9.17, 15) is 4.79 Å². The Labute approximate surface area is 116 Å². The molecule has 106 valence electrons. The molecule has 0 aromatic rings. The van der Waals surface area contributed by atoms with Crippen molar-refractivity contribution in [3.05, 3.63) is 12.2 Å². The maximum atomic E-state index is 11.4. The van der Waals surface area contributed by atoms with Crippen LogP contribution in [0, 0.1) is 28.6 Å². The molecule has 0 heterocycles. The van der Waals surface area contributed by atoms with Gasteiger partial charge in [0.15, 0.2) is 0 Å². The van der Waals surface area contributed by atoms with Gasteiger partial charge in [-0.2, -0.15) is 0 Å². The molecule has 19 heavy (non-hydrogen) atoms. The molecule has 3 fully saturated rings. The fourth-order valence-corrected chi connectivity index (χ4v) is 5.73. The van der Waals surface area contributed by atoms with Crippen LogP contribution in [-0.2, 0) is 9.53 Å². The SMILES string of the molecule is C=C1[C@H](OC(C)=O)C[C@@]23C[C@@H]1C(C)(C)[C@@H]2CC[C@H]3C. The molecule has 0 amide bonds. The van der Waals surface area contributed by atoms with Gasteiger partial charge in [-0.15, -0.1) is 0 Å². The molecule has 1 spiro atoms. The first kappa shape index (κ1) is 13.2. The molecule has 0 unspecified atom stereocenters. The van der Waals surface area contributed by atoms with Crippen LogP contribution in [0.5, 0.6) is 0 Å². The molecule has 3 saturated carbocycles. The van der Waals surface area contributed by atoms with Crippen molar-refractivity contribution < 1.29 is 9.53 Å². The standard InChI is InChI=1S/C17H26O2/c1-10-6-7-15-16(4,5)13-8-17(10,15)9-14(11(13)2)19-12(3)18/h10,13-15H,2,6-9H2,1,3-5H3/t10-,13+,14-,15+,17-/m1/s1. The molecule has 0 radical (unpaired) electrons. The zero-order chi connectivity index (χ0) is 14.0. The normalized spacial score (nSPS) is 47.1. The first-order valence-corrected chi connectivity index (χ1v) is 7.65. The van der Waals surface area contributed by atoms with Crippen molar-refractivity contribution in [2.45, 2.75) is 59.5 Å². The average molecular weight is 262 g/mol. The third-order valence-electron chi connectivity index (χ3n) is 6.68. The molecule has 2 bridgehead atoms. The summed E-state index contributed by atoms with van der Waals surface area (Å²) in [5, 5.41) is 0. The number of hydrogen-bond acceptors (Lipinski definition) is 2. The highest BCUT2D eigenvalue weighted by Crippen LogP contribution is 2.72. The maximum Gasteiger partial charge on any atom is 0.303 e. The summed E-state index contributed by atoms with van der Waals surface area (Å²) in [6, 6.07) is 0. The predicted octanol–water partition coefficient (Wildman–Crippen LogP) is 3.96. The van der Waals surface area contributed by atoms with Crippen molar-refractivity contribution in [1.29, 1.82) is 0 Å². The van der Waals surface area contributed by atoms with E-state index in [0.29, 0.717) is 16.7 Å². The number of fused-ring (bicyclic) bond motifs is 1. The van der Waals surface area contributed by atoms with Crippen LogP contribution in [-0.4, -0.2) is 12.1 Å². The molecule has 0 aliphatic heterocycles. The molecule has 0 N–H and O–H groups in total. The fraction of sp³-hybridized carbons (Fsp3) is 0.824. The van der Waals surface area contributed by atoms with Gasteiger partial charge in [0.25, 0.3) is 0 Å². The summed E-state index contributed by atoms with van der Waals surface area (Å²) >= 11 is 0. The quantitative estimate of drug-likeness (QED) is 0.528. The van der Waals surface area contributed by atoms with Crippen LogP contribution < -0.4 is 0 Å². The van der Waals surface area contributed by atoms with Gasteiger partial charge >= 0.3 is 5.97 Å². The lowest BCUT2D eigenvalue weighted by atomic mass is 9.66. The highest BCUT2D eigenvalue weighted by Gasteiger charge is 2.66. The lowest BCUT2D eigenvalue weighted by Crippen LogP contribution is -2.38. The van der Waals surface area contributed by atoms with Gasteiger partial charge < -0.3 is 4.74 Å². The molecule has 0 aromatic heterocycles. The minimum absolute atomic E-state index is 0.0407. The lowest BCUT2D eigenvalue weighted by molar-refractivity contribution is -0.147. The van der Waals surface area contributed by atoms with Crippen molar-refractivity contribution in [3.8, 4) is 0 Å². The summed E-state index contributed by atoms with van der Waals surface area (Å²) in [7, 11) is 0. The minimum atomic E-state index is -0.163. The number of esters is 1. The van der Waals surface area contributed by atoms with E-state index in [1.54, 1.807) is 0 Å². The zero-order valence-corrected chi connectivity index (χ0v) is 12.7. The summed E-state index contributed by atoms with van der Waals surface area (Å²) in [4.78, 5) is 11.4. The second kappa shape index (κ2) is 3.86. The van der Waals surface area contributed by atoms with E-state index in [4.69, 9.17) is 4.74 Å². The molecule has 3 aliphatic rings. The van der Waals surface area contributed by atoms with Crippen molar-refractivity contribution in [1.82, 2.24) is 0 Å².